The molecule has 0 amide bonds. The van der Waals surface area contributed by atoms with E-state index in [0.29, 0.717) is 0 Å². The number of rotatable bonds is 5. The quantitative estimate of drug-likeness (QED) is 0.879. The monoisotopic (exact) mass is 258 g/mol. The molecule has 1 saturated carbocycles. The van der Waals surface area contributed by atoms with Crippen LogP contribution in [0, 0.1) is 5.92 Å². The van der Waals surface area contributed by atoms with Gasteiger partial charge in [-0.05, 0) is 74.7 Å². The molecule has 0 atom stereocenters. The molecule has 1 aliphatic carbocycles. The lowest BCUT2D eigenvalue weighted by Gasteiger charge is -2.31. The van der Waals surface area contributed by atoms with Gasteiger partial charge in [-0.2, -0.15) is 0 Å². The first-order chi connectivity index (χ1) is 9.35. The lowest BCUT2D eigenvalue weighted by atomic mass is 9.93. The van der Waals surface area contributed by atoms with Gasteiger partial charge < -0.3 is 5.73 Å². The van der Waals surface area contributed by atoms with Crippen LogP contribution in [0.25, 0.3) is 0 Å². The normalized spacial score (nSPS) is 21.7. The summed E-state index contributed by atoms with van der Waals surface area (Å²) in [6.45, 7) is 4.49. The van der Waals surface area contributed by atoms with Gasteiger partial charge in [0, 0.05) is 6.54 Å². The second-order valence-electron chi connectivity index (χ2n) is 6.32. The van der Waals surface area contributed by atoms with Crippen molar-refractivity contribution in [2.75, 3.05) is 19.6 Å². The third-order valence-corrected chi connectivity index (χ3v) is 4.69. The van der Waals surface area contributed by atoms with Crippen LogP contribution in [0.1, 0.15) is 49.1 Å². The van der Waals surface area contributed by atoms with Crippen molar-refractivity contribution in [1.82, 2.24) is 4.90 Å². The second-order valence-corrected chi connectivity index (χ2v) is 6.32. The van der Waals surface area contributed by atoms with E-state index in [1.54, 1.807) is 5.56 Å². The Bertz CT molecular complexity index is 403. The third kappa shape index (κ3) is 3.58. The zero-order valence-corrected chi connectivity index (χ0v) is 11.9. The number of hydrogen-bond donors (Lipinski definition) is 1. The molecule has 1 aromatic rings. The Balaban J connectivity index is 1.52. The van der Waals surface area contributed by atoms with Gasteiger partial charge in [0.25, 0.3) is 0 Å². The Morgan fingerprint density at radius 1 is 1.11 bits per heavy atom. The summed E-state index contributed by atoms with van der Waals surface area (Å²) in [6, 6.07) is 9.26. The zero-order valence-electron chi connectivity index (χ0n) is 11.9. The largest absolute Gasteiger partial charge is 0.330 e. The first-order valence-electron chi connectivity index (χ1n) is 7.86. The number of benzene rings is 1. The van der Waals surface area contributed by atoms with Crippen molar-refractivity contribution in [1.29, 1.82) is 0 Å². The van der Waals surface area contributed by atoms with Gasteiger partial charge in [0.15, 0.2) is 0 Å². The molecule has 0 aromatic heterocycles. The Hall–Kier alpha value is -0.860. The smallest absolute Gasteiger partial charge is 0.0233 e. The van der Waals surface area contributed by atoms with Crippen molar-refractivity contribution < 1.29 is 0 Å². The highest BCUT2D eigenvalue weighted by Crippen LogP contribution is 2.40. The Labute approximate surface area is 117 Å². The molecule has 1 aromatic carbocycles. The molecule has 2 fully saturated rings. The van der Waals surface area contributed by atoms with Crippen LogP contribution in [-0.4, -0.2) is 24.5 Å². The zero-order chi connectivity index (χ0) is 13.1. The summed E-state index contributed by atoms with van der Waals surface area (Å²) in [6.07, 6.45) is 6.67. The van der Waals surface area contributed by atoms with E-state index in [1.165, 1.54) is 50.8 Å². The van der Waals surface area contributed by atoms with Crippen LogP contribution in [0.3, 0.4) is 0 Å². The molecule has 19 heavy (non-hydrogen) atoms. The van der Waals surface area contributed by atoms with Crippen molar-refractivity contribution in [3.63, 3.8) is 0 Å². The topological polar surface area (TPSA) is 29.3 Å². The molecule has 2 heteroatoms. The predicted octanol–water partition coefficient (Wildman–Crippen LogP) is 3.12. The van der Waals surface area contributed by atoms with Crippen LogP contribution in [-0.2, 0) is 6.54 Å². The molecule has 2 nitrogen and oxygen atoms in total. The van der Waals surface area contributed by atoms with E-state index >= 15 is 0 Å². The maximum absolute atomic E-state index is 5.65. The Kier molecular flexibility index (Phi) is 4.19. The van der Waals surface area contributed by atoms with E-state index in [2.05, 4.69) is 29.2 Å². The standard InChI is InChI=1S/C17H26N2/c18-9-6-14-7-10-19(11-8-14)13-15-2-1-3-17(12-15)16-4-5-16/h1-3,12,14,16H,4-11,13,18H2. The molecule has 2 N–H and O–H groups in total. The van der Waals surface area contributed by atoms with Crippen molar-refractivity contribution in [3.8, 4) is 0 Å². The summed E-state index contributed by atoms with van der Waals surface area (Å²) < 4.78 is 0. The van der Waals surface area contributed by atoms with Crippen molar-refractivity contribution in [2.24, 2.45) is 11.7 Å². The molecule has 2 aliphatic rings. The maximum Gasteiger partial charge on any atom is 0.0233 e. The molecule has 0 radical (unpaired) electrons. The first kappa shape index (κ1) is 13.1. The number of nitrogens with two attached hydrogens (primary N) is 1. The van der Waals surface area contributed by atoms with E-state index in [-0.39, 0.29) is 0 Å². The summed E-state index contributed by atoms with van der Waals surface area (Å²) in [5.41, 5.74) is 8.72. The Morgan fingerprint density at radius 2 is 1.89 bits per heavy atom. The van der Waals surface area contributed by atoms with Crippen LogP contribution < -0.4 is 5.73 Å². The fourth-order valence-electron chi connectivity index (χ4n) is 3.29. The van der Waals surface area contributed by atoms with Gasteiger partial charge in [-0.15, -0.1) is 0 Å². The molecule has 0 unspecified atom stereocenters. The van der Waals surface area contributed by atoms with Gasteiger partial charge in [-0.25, -0.2) is 0 Å². The summed E-state index contributed by atoms with van der Waals surface area (Å²) in [4.78, 5) is 2.61. The molecular formula is C17H26N2. The van der Waals surface area contributed by atoms with E-state index in [0.717, 1.165) is 24.9 Å². The summed E-state index contributed by atoms with van der Waals surface area (Å²) >= 11 is 0. The number of likely N-dealkylation sites (tertiary alicyclic amines) is 1. The molecule has 104 valence electrons. The lowest BCUT2D eigenvalue weighted by Crippen LogP contribution is -2.33. The molecule has 1 aliphatic heterocycles. The summed E-state index contributed by atoms with van der Waals surface area (Å²) in [7, 11) is 0. The molecule has 1 heterocycles. The minimum Gasteiger partial charge on any atom is -0.330 e. The summed E-state index contributed by atoms with van der Waals surface area (Å²) in [5, 5.41) is 0. The van der Waals surface area contributed by atoms with Crippen molar-refractivity contribution in [3.05, 3.63) is 35.4 Å². The van der Waals surface area contributed by atoms with Gasteiger partial charge in [0.2, 0.25) is 0 Å². The van der Waals surface area contributed by atoms with Gasteiger partial charge in [-0.1, -0.05) is 24.3 Å². The fourth-order valence-corrected chi connectivity index (χ4v) is 3.29. The van der Waals surface area contributed by atoms with Crippen LogP contribution >= 0.6 is 0 Å². The SMILES string of the molecule is NCCC1CCN(Cc2cccc(C3CC3)c2)CC1. The Morgan fingerprint density at radius 3 is 2.58 bits per heavy atom. The number of hydrogen-bond acceptors (Lipinski definition) is 2. The highest BCUT2D eigenvalue weighted by atomic mass is 15.1. The first-order valence-corrected chi connectivity index (χ1v) is 7.86. The lowest BCUT2D eigenvalue weighted by molar-refractivity contribution is 0.173. The highest BCUT2D eigenvalue weighted by Gasteiger charge is 2.24. The average Bonchev–Trinajstić information content (AvgIpc) is 3.26. The van der Waals surface area contributed by atoms with Crippen molar-refractivity contribution in [2.45, 2.75) is 44.6 Å². The molecular weight excluding hydrogens is 232 g/mol. The molecule has 1 saturated heterocycles. The van der Waals surface area contributed by atoms with Crippen LogP contribution in [0.4, 0.5) is 0 Å². The third-order valence-electron chi connectivity index (χ3n) is 4.69. The highest BCUT2D eigenvalue weighted by molar-refractivity contribution is 5.29. The van der Waals surface area contributed by atoms with Crippen molar-refractivity contribution >= 4 is 0 Å². The van der Waals surface area contributed by atoms with Crippen LogP contribution in [0.15, 0.2) is 24.3 Å². The second kappa shape index (κ2) is 6.06. The van der Waals surface area contributed by atoms with E-state index < -0.39 is 0 Å². The molecule has 3 rings (SSSR count). The predicted molar refractivity (Wildman–Crippen MR) is 80.1 cm³/mol. The molecule has 0 spiro atoms. The minimum absolute atomic E-state index is 0.855. The van der Waals surface area contributed by atoms with Gasteiger partial charge in [0.1, 0.15) is 0 Å². The van der Waals surface area contributed by atoms with Gasteiger partial charge in [0.05, 0.1) is 0 Å². The van der Waals surface area contributed by atoms with E-state index in [1.807, 2.05) is 0 Å². The number of nitrogens with zero attached hydrogens (tertiary/aromatic N) is 1. The van der Waals surface area contributed by atoms with Crippen LogP contribution in [0.2, 0.25) is 0 Å². The van der Waals surface area contributed by atoms with E-state index in [9.17, 15) is 0 Å². The van der Waals surface area contributed by atoms with Gasteiger partial charge in [-0.3, -0.25) is 4.90 Å². The van der Waals surface area contributed by atoms with Crippen LogP contribution in [0.5, 0.6) is 0 Å². The maximum atomic E-state index is 5.65. The van der Waals surface area contributed by atoms with Gasteiger partial charge >= 0.3 is 0 Å². The fraction of sp³-hybridized carbons (Fsp3) is 0.647. The average molecular weight is 258 g/mol. The minimum atomic E-state index is 0.855. The number of piperidine rings is 1. The summed E-state index contributed by atoms with van der Waals surface area (Å²) in [5.74, 6) is 1.74. The molecule has 0 bridgehead atoms. The van der Waals surface area contributed by atoms with E-state index in [4.69, 9.17) is 5.73 Å².